The fourth-order valence-corrected chi connectivity index (χ4v) is 3.89. The topological polar surface area (TPSA) is 12.0 Å². The molecule has 4 rings (SSSR count). The Bertz CT molecular complexity index is 1100. The minimum atomic E-state index is 0.902. The van der Waals surface area contributed by atoms with Crippen molar-refractivity contribution in [1.82, 2.24) is 0 Å². The van der Waals surface area contributed by atoms with Crippen LogP contribution in [-0.2, 0) is 0 Å². The molecule has 0 aliphatic carbocycles. The molecule has 0 radical (unpaired) electrons. The van der Waals surface area contributed by atoms with E-state index in [2.05, 4.69) is 111 Å². The summed E-state index contributed by atoms with van der Waals surface area (Å²) in [6, 6.07) is 25.9. The van der Waals surface area contributed by atoms with Crippen molar-refractivity contribution < 1.29 is 0 Å². The summed E-state index contributed by atoms with van der Waals surface area (Å²) in [4.78, 5) is 0. The van der Waals surface area contributed by atoms with Gasteiger partial charge in [0.25, 0.3) is 0 Å². The Labute approximate surface area is 174 Å². The molecule has 0 unspecified atom stereocenters. The predicted octanol–water partition coefficient (Wildman–Crippen LogP) is 7.19. The van der Waals surface area contributed by atoms with Crippen molar-refractivity contribution in [2.45, 2.75) is 20.3 Å². The van der Waals surface area contributed by atoms with Gasteiger partial charge in [0, 0.05) is 17.8 Å². The van der Waals surface area contributed by atoms with Crippen molar-refractivity contribution in [1.29, 1.82) is 0 Å². The summed E-state index contributed by atoms with van der Waals surface area (Å²) in [5.74, 6) is 0. The molecule has 0 aromatic heterocycles. The number of fused-ring (bicyclic) bond motifs is 1. The van der Waals surface area contributed by atoms with Crippen LogP contribution in [0, 0.1) is 13.8 Å². The molecule has 1 N–H and O–H groups in total. The fourth-order valence-electron chi connectivity index (χ4n) is 3.89. The number of aryl methyl sites for hydroxylation is 2. The quantitative estimate of drug-likeness (QED) is 0.474. The molecule has 144 valence electrons. The number of hydrogen-bond donors (Lipinski definition) is 1. The Morgan fingerprint density at radius 3 is 2.48 bits per heavy atom. The number of allylic oxidation sites excluding steroid dienone is 2. The average molecular weight is 378 g/mol. The zero-order valence-corrected chi connectivity index (χ0v) is 17.2. The van der Waals surface area contributed by atoms with Gasteiger partial charge in [0.1, 0.15) is 0 Å². The van der Waals surface area contributed by atoms with E-state index >= 15 is 0 Å². The number of benzene rings is 3. The highest BCUT2D eigenvalue weighted by atomic mass is 14.9. The van der Waals surface area contributed by atoms with Crippen LogP contribution in [0.25, 0.3) is 11.6 Å². The minimum absolute atomic E-state index is 0.902. The normalized spacial score (nSPS) is 13.7. The molecule has 0 spiro atoms. The van der Waals surface area contributed by atoms with Gasteiger partial charge < -0.3 is 5.32 Å². The lowest BCUT2D eigenvalue weighted by atomic mass is 9.87. The van der Waals surface area contributed by atoms with Crippen LogP contribution in [0.4, 0.5) is 5.69 Å². The molecule has 0 bridgehead atoms. The maximum absolute atomic E-state index is 4.45. The largest absolute Gasteiger partial charge is 0.384 e. The van der Waals surface area contributed by atoms with Crippen molar-refractivity contribution in [2.24, 2.45) is 0 Å². The van der Waals surface area contributed by atoms with E-state index in [0.29, 0.717) is 0 Å². The molecule has 29 heavy (non-hydrogen) atoms. The smallest absolute Gasteiger partial charge is 0.0420 e. The van der Waals surface area contributed by atoms with Crippen LogP contribution in [-0.4, -0.2) is 6.54 Å². The van der Waals surface area contributed by atoms with Gasteiger partial charge in [0.05, 0.1) is 0 Å². The summed E-state index contributed by atoms with van der Waals surface area (Å²) in [6.07, 6.45) is 5.26. The van der Waals surface area contributed by atoms with E-state index in [0.717, 1.165) is 18.5 Å². The van der Waals surface area contributed by atoms with E-state index in [1.807, 2.05) is 0 Å². The molecular weight excluding hydrogens is 350 g/mol. The van der Waals surface area contributed by atoms with E-state index in [1.54, 1.807) is 0 Å². The lowest BCUT2D eigenvalue weighted by Gasteiger charge is -2.16. The van der Waals surface area contributed by atoms with Gasteiger partial charge in [0.2, 0.25) is 0 Å². The van der Waals surface area contributed by atoms with Crippen molar-refractivity contribution in [3.8, 4) is 0 Å². The van der Waals surface area contributed by atoms with Gasteiger partial charge in [-0.1, -0.05) is 96.6 Å². The van der Waals surface area contributed by atoms with E-state index in [9.17, 15) is 0 Å². The zero-order valence-electron chi connectivity index (χ0n) is 17.2. The Morgan fingerprint density at radius 1 is 0.897 bits per heavy atom. The molecule has 3 aromatic carbocycles. The molecule has 0 amide bonds. The van der Waals surface area contributed by atoms with Gasteiger partial charge in [-0.05, 0) is 54.2 Å². The lowest BCUT2D eigenvalue weighted by molar-refractivity contribution is 1.03. The first-order valence-electron chi connectivity index (χ1n) is 10.2. The molecule has 0 fully saturated rings. The summed E-state index contributed by atoms with van der Waals surface area (Å²) in [6.45, 7) is 9.62. The summed E-state index contributed by atoms with van der Waals surface area (Å²) in [7, 11) is 0. The first kappa shape index (κ1) is 19.0. The molecular formula is C28H27N. The lowest BCUT2D eigenvalue weighted by Crippen LogP contribution is -2.01. The molecule has 0 atom stereocenters. The van der Waals surface area contributed by atoms with Crippen LogP contribution < -0.4 is 5.32 Å². The van der Waals surface area contributed by atoms with Gasteiger partial charge in [-0.15, -0.1) is 0 Å². The average Bonchev–Trinajstić information content (AvgIpc) is 2.93. The summed E-state index contributed by atoms with van der Waals surface area (Å²) >= 11 is 0. The van der Waals surface area contributed by atoms with E-state index in [-0.39, 0.29) is 0 Å². The number of nitrogens with one attached hydrogen (secondary N) is 1. The number of rotatable bonds is 4. The van der Waals surface area contributed by atoms with Crippen LogP contribution in [0.3, 0.4) is 0 Å². The summed E-state index contributed by atoms with van der Waals surface area (Å²) in [5, 5.41) is 3.60. The molecule has 1 aliphatic rings. The fraction of sp³-hybridized carbons (Fsp3) is 0.143. The van der Waals surface area contributed by atoms with E-state index in [1.165, 1.54) is 44.7 Å². The second-order valence-corrected chi connectivity index (χ2v) is 7.71. The maximum Gasteiger partial charge on any atom is 0.0420 e. The summed E-state index contributed by atoms with van der Waals surface area (Å²) in [5.41, 5.74) is 11.1. The molecule has 1 heteroatoms. The number of anilines is 1. The van der Waals surface area contributed by atoms with Crippen molar-refractivity contribution in [3.05, 3.63) is 124 Å². The highest BCUT2D eigenvalue weighted by molar-refractivity contribution is 5.91. The molecule has 3 aromatic rings. The standard InChI is InChI=1S/C28H27N/c1-20-11-14-23(15-12-20)16-13-22(3)25-17-18-29-27-10-5-4-9-26(27)28(25)24-8-6-7-21(2)19-24/h4-16,19,29H,3,17-18H2,1-2H3/b16-13+. The SMILES string of the molecule is C=C(/C=C/c1ccc(C)cc1)C1=C(c2cccc(C)c2)c2ccccc2NCC1. The van der Waals surface area contributed by atoms with Crippen LogP contribution in [0.15, 0.2) is 96.6 Å². The second-order valence-electron chi connectivity index (χ2n) is 7.71. The molecule has 1 nitrogen and oxygen atoms in total. The van der Waals surface area contributed by atoms with Crippen LogP contribution in [0.2, 0.25) is 0 Å². The molecule has 0 saturated carbocycles. The summed E-state index contributed by atoms with van der Waals surface area (Å²) < 4.78 is 0. The molecule has 1 aliphatic heterocycles. The minimum Gasteiger partial charge on any atom is -0.384 e. The first-order chi connectivity index (χ1) is 14.1. The van der Waals surface area contributed by atoms with Crippen molar-refractivity contribution >= 4 is 17.3 Å². The van der Waals surface area contributed by atoms with E-state index < -0.39 is 0 Å². The third-order valence-electron chi connectivity index (χ3n) is 5.44. The number of hydrogen-bond acceptors (Lipinski definition) is 1. The van der Waals surface area contributed by atoms with Gasteiger partial charge >= 0.3 is 0 Å². The van der Waals surface area contributed by atoms with Crippen LogP contribution >= 0.6 is 0 Å². The van der Waals surface area contributed by atoms with Crippen molar-refractivity contribution in [2.75, 3.05) is 11.9 Å². The van der Waals surface area contributed by atoms with Gasteiger partial charge in [-0.3, -0.25) is 0 Å². The van der Waals surface area contributed by atoms with Crippen molar-refractivity contribution in [3.63, 3.8) is 0 Å². The highest BCUT2D eigenvalue weighted by Gasteiger charge is 2.19. The van der Waals surface area contributed by atoms with Gasteiger partial charge in [-0.2, -0.15) is 0 Å². The Balaban J connectivity index is 1.82. The zero-order chi connectivity index (χ0) is 20.2. The Hall–Kier alpha value is -3.32. The second kappa shape index (κ2) is 8.36. The third-order valence-corrected chi connectivity index (χ3v) is 5.44. The van der Waals surface area contributed by atoms with Crippen LogP contribution in [0.5, 0.6) is 0 Å². The third kappa shape index (κ3) is 4.25. The van der Waals surface area contributed by atoms with Crippen LogP contribution in [0.1, 0.15) is 34.2 Å². The van der Waals surface area contributed by atoms with Gasteiger partial charge in [-0.25, -0.2) is 0 Å². The number of para-hydroxylation sites is 1. The first-order valence-corrected chi connectivity index (χ1v) is 10.2. The Morgan fingerprint density at radius 2 is 1.69 bits per heavy atom. The monoisotopic (exact) mass is 377 g/mol. The predicted molar refractivity (Wildman–Crippen MR) is 126 cm³/mol. The van der Waals surface area contributed by atoms with E-state index in [4.69, 9.17) is 0 Å². The maximum atomic E-state index is 4.45. The molecule has 0 saturated heterocycles. The Kier molecular flexibility index (Phi) is 5.48. The highest BCUT2D eigenvalue weighted by Crippen LogP contribution is 2.38. The van der Waals surface area contributed by atoms with Gasteiger partial charge in [0.15, 0.2) is 0 Å². The molecule has 1 heterocycles.